The van der Waals surface area contributed by atoms with E-state index >= 15 is 0 Å². The van der Waals surface area contributed by atoms with Crippen molar-refractivity contribution in [3.8, 4) is 17.2 Å². The summed E-state index contributed by atoms with van der Waals surface area (Å²) in [4.78, 5) is 29.6. The van der Waals surface area contributed by atoms with Crippen molar-refractivity contribution >= 4 is 29.0 Å². The number of carbonyl (C=O) groups excluding carboxylic acids is 2. The molecule has 2 amide bonds. The first-order chi connectivity index (χ1) is 21.4. The van der Waals surface area contributed by atoms with Gasteiger partial charge < -0.3 is 30.2 Å². The number of halogens is 1. The van der Waals surface area contributed by atoms with E-state index in [1.165, 1.54) is 26.4 Å². The lowest BCUT2D eigenvalue weighted by Crippen LogP contribution is -2.44. The molecule has 1 aromatic heterocycles. The van der Waals surface area contributed by atoms with Gasteiger partial charge in [-0.2, -0.15) is 0 Å². The zero-order chi connectivity index (χ0) is 31.1. The number of methoxy groups -OCH3 is 2. The topological polar surface area (TPSA) is 111 Å². The van der Waals surface area contributed by atoms with Crippen molar-refractivity contribution in [1.82, 2.24) is 20.9 Å². The van der Waals surface area contributed by atoms with E-state index in [0.29, 0.717) is 29.4 Å². The first kappa shape index (κ1) is 30.7. The molecule has 1 aliphatic carbocycles. The van der Waals surface area contributed by atoms with E-state index in [4.69, 9.17) is 14.2 Å². The molecule has 9 nitrogen and oxygen atoms in total. The standard InChI is InChI=1S/C34H37FN4O5/c1-21-27(26-7-6-24(35)16-29(26)28(21)17-32(40)38-19-22-5-4-10-37-18-22)13-23-14-30(42-2)34(31(15-23)43-3)44-20-33(41)39-25-8-11-36-12-9-25/h4-7,10,13-16,18,25,36H,8-9,11-12,17,19-20H2,1-3H3,(H,38,40)(H,39,41)/b27-13-. The molecule has 3 N–H and O–H groups in total. The zero-order valence-corrected chi connectivity index (χ0v) is 25.2. The van der Waals surface area contributed by atoms with E-state index in [2.05, 4.69) is 20.9 Å². The monoisotopic (exact) mass is 600 g/mol. The molecule has 3 aromatic rings. The van der Waals surface area contributed by atoms with Crippen LogP contribution in [0.4, 0.5) is 4.39 Å². The predicted octanol–water partition coefficient (Wildman–Crippen LogP) is 4.52. The van der Waals surface area contributed by atoms with Gasteiger partial charge in [0.25, 0.3) is 5.91 Å². The highest BCUT2D eigenvalue weighted by atomic mass is 19.1. The molecule has 0 spiro atoms. The molecule has 0 unspecified atom stereocenters. The summed E-state index contributed by atoms with van der Waals surface area (Å²) in [6, 6.07) is 12.0. The molecule has 0 radical (unpaired) electrons. The van der Waals surface area contributed by atoms with Gasteiger partial charge in [-0.25, -0.2) is 4.39 Å². The largest absolute Gasteiger partial charge is 0.493 e. The molecule has 0 bridgehead atoms. The molecule has 0 saturated carbocycles. The average molecular weight is 601 g/mol. The van der Waals surface area contributed by atoms with Gasteiger partial charge >= 0.3 is 0 Å². The Balaban J connectivity index is 1.38. The number of benzene rings is 2. The summed E-state index contributed by atoms with van der Waals surface area (Å²) in [5.74, 6) is 0.373. The minimum atomic E-state index is -0.375. The van der Waals surface area contributed by atoms with E-state index in [0.717, 1.165) is 59.3 Å². The molecule has 1 aliphatic heterocycles. The van der Waals surface area contributed by atoms with Gasteiger partial charge in [-0.05, 0) is 108 Å². The first-order valence-electron chi connectivity index (χ1n) is 14.6. The minimum Gasteiger partial charge on any atom is -0.493 e. The second-order valence-electron chi connectivity index (χ2n) is 10.8. The van der Waals surface area contributed by atoms with Gasteiger partial charge in [-0.1, -0.05) is 12.1 Å². The van der Waals surface area contributed by atoms with Crippen molar-refractivity contribution in [1.29, 1.82) is 0 Å². The Morgan fingerprint density at radius 2 is 1.80 bits per heavy atom. The Morgan fingerprint density at radius 1 is 1.05 bits per heavy atom. The number of hydrogen-bond donors (Lipinski definition) is 3. The van der Waals surface area contributed by atoms with E-state index < -0.39 is 0 Å². The number of nitrogens with zero attached hydrogens (tertiary/aromatic N) is 1. The number of hydrogen-bond acceptors (Lipinski definition) is 7. The summed E-state index contributed by atoms with van der Waals surface area (Å²) < 4.78 is 31.5. The molecule has 2 heterocycles. The van der Waals surface area contributed by atoms with E-state index in [9.17, 15) is 14.0 Å². The average Bonchev–Trinajstić information content (AvgIpc) is 3.28. The highest BCUT2D eigenvalue weighted by Gasteiger charge is 2.26. The van der Waals surface area contributed by atoms with Crippen LogP contribution in [0, 0.1) is 5.82 Å². The molecule has 0 atom stereocenters. The molecule has 44 heavy (non-hydrogen) atoms. The van der Waals surface area contributed by atoms with Crippen molar-refractivity contribution in [2.75, 3.05) is 33.9 Å². The Bertz CT molecular complexity index is 1560. The maximum atomic E-state index is 14.4. The van der Waals surface area contributed by atoms with Crippen LogP contribution in [0.15, 0.2) is 60.4 Å². The third kappa shape index (κ3) is 7.26. The van der Waals surface area contributed by atoms with Crippen LogP contribution in [0.3, 0.4) is 0 Å². The second kappa shape index (κ2) is 14.2. The maximum absolute atomic E-state index is 14.4. The summed E-state index contributed by atoms with van der Waals surface area (Å²) in [6.45, 7) is 3.86. The normalized spacial score (nSPS) is 15.6. The van der Waals surface area contributed by atoms with Crippen molar-refractivity contribution in [2.24, 2.45) is 0 Å². The number of fused-ring (bicyclic) bond motifs is 1. The highest BCUT2D eigenvalue weighted by Crippen LogP contribution is 2.45. The van der Waals surface area contributed by atoms with Crippen LogP contribution in [0.2, 0.25) is 0 Å². The zero-order valence-electron chi connectivity index (χ0n) is 25.2. The van der Waals surface area contributed by atoms with Crippen LogP contribution < -0.4 is 30.2 Å². The summed E-state index contributed by atoms with van der Waals surface area (Å²) >= 11 is 0. The second-order valence-corrected chi connectivity index (χ2v) is 10.8. The molecular weight excluding hydrogens is 563 g/mol. The Labute approximate surface area is 256 Å². The lowest BCUT2D eigenvalue weighted by atomic mass is 10.00. The third-order valence-electron chi connectivity index (χ3n) is 7.85. The fourth-order valence-electron chi connectivity index (χ4n) is 5.57. The van der Waals surface area contributed by atoms with Crippen molar-refractivity contribution in [2.45, 2.75) is 38.8 Å². The van der Waals surface area contributed by atoms with Gasteiger partial charge in [-0.3, -0.25) is 14.6 Å². The lowest BCUT2D eigenvalue weighted by molar-refractivity contribution is -0.124. The van der Waals surface area contributed by atoms with Crippen LogP contribution in [0.5, 0.6) is 17.2 Å². The Kier molecular flexibility index (Phi) is 9.91. The molecular formula is C34H37FN4O5. The van der Waals surface area contributed by atoms with Crippen LogP contribution in [-0.4, -0.2) is 56.8 Å². The lowest BCUT2D eigenvalue weighted by Gasteiger charge is -2.23. The Hall–Kier alpha value is -4.70. The number of nitrogens with one attached hydrogen (secondary N) is 3. The summed E-state index contributed by atoms with van der Waals surface area (Å²) in [5.41, 5.74) is 5.63. The molecule has 2 aliphatic rings. The molecule has 10 heteroatoms. The molecule has 1 fully saturated rings. The number of amides is 2. The van der Waals surface area contributed by atoms with Gasteiger partial charge in [-0.15, -0.1) is 0 Å². The molecule has 5 rings (SSSR count). The smallest absolute Gasteiger partial charge is 0.258 e. The number of rotatable bonds is 11. The number of allylic oxidation sites excluding steroid dienone is 2. The van der Waals surface area contributed by atoms with Crippen molar-refractivity contribution in [3.05, 3.63) is 88.5 Å². The predicted molar refractivity (Wildman–Crippen MR) is 167 cm³/mol. The molecule has 1 saturated heterocycles. The van der Waals surface area contributed by atoms with Gasteiger partial charge in [0.2, 0.25) is 11.7 Å². The fraction of sp³-hybridized carbons (Fsp3) is 0.324. The number of carbonyl (C=O) groups is 2. The number of pyridine rings is 1. The van der Waals surface area contributed by atoms with Crippen LogP contribution in [-0.2, 0) is 16.1 Å². The maximum Gasteiger partial charge on any atom is 0.258 e. The first-order valence-corrected chi connectivity index (χ1v) is 14.6. The summed E-state index contributed by atoms with van der Waals surface area (Å²) in [5, 5.41) is 9.23. The number of aromatic nitrogens is 1. The van der Waals surface area contributed by atoms with Crippen molar-refractivity contribution < 1.29 is 28.2 Å². The van der Waals surface area contributed by atoms with Gasteiger partial charge in [0.15, 0.2) is 18.1 Å². The number of piperidine rings is 1. The summed E-state index contributed by atoms with van der Waals surface area (Å²) in [7, 11) is 3.04. The molecule has 230 valence electrons. The SMILES string of the molecule is COc1cc(/C=C2/C(C)=C(CC(=O)NCc3cccnc3)c3cc(F)ccc32)cc(OC)c1OCC(=O)NC1CCNCC1. The van der Waals surface area contributed by atoms with Gasteiger partial charge in [0.1, 0.15) is 5.82 Å². The molecule has 2 aromatic carbocycles. The summed E-state index contributed by atoms with van der Waals surface area (Å²) in [6.07, 6.45) is 7.18. The van der Waals surface area contributed by atoms with Crippen LogP contribution >= 0.6 is 0 Å². The van der Waals surface area contributed by atoms with E-state index in [-0.39, 0.29) is 36.7 Å². The quantitative estimate of drug-likeness (QED) is 0.297. The van der Waals surface area contributed by atoms with Gasteiger partial charge in [0.05, 0.1) is 20.6 Å². The highest BCUT2D eigenvalue weighted by molar-refractivity contribution is 6.08. The number of ether oxygens (including phenoxy) is 3. The van der Waals surface area contributed by atoms with Crippen LogP contribution in [0.1, 0.15) is 48.4 Å². The third-order valence-corrected chi connectivity index (χ3v) is 7.85. The van der Waals surface area contributed by atoms with Gasteiger partial charge in [0, 0.05) is 25.0 Å². The minimum absolute atomic E-state index is 0.0960. The fourth-order valence-corrected chi connectivity index (χ4v) is 5.57. The van der Waals surface area contributed by atoms with Crippen LogP contribution in [0.25, 0.3) is 17.2 Å². The Morgan fingerprint density at radius 3 is 2.48 bits per heavy atom. The van der Waals surface area contributed by atoms with E-state index in [1.807, 2.05) is 25.1 Å². The van der Waals surface area contributed by atoms with E-state index in [1.54, 1.807) is 30.6 Å². The van der Waals surface area contributed by atoms with Crippen molar-refractivity contribution in [3.63, 3.8) is 0 Å².